The molecular weight excluding hydrogens is 435 g/mol. The summed E-state index contributed by atoms with van der Waals surface area (Å²) in [4.78, 5) is 24.8. The number of aromatic nitrogens is 4. The lowest BCUT2D eigenvalue weighted by atomic mass is 10.0. The third kappa shape index (κ3) is 4.84. The zero-order chi connectivity index (χ0) is 20.5. The van der Waals surface area contributed by atoms with E-state index in [1.807, 2.05) is 34.0 Å². The molecule has 0 aliphatic carbocycles. The predicted molar refractivity (Wildman–Crippen MR) is 127 cm³/mol. The SMILES string of the molecule is CC(C)c1cc(C(=O)N2CCNCC2c2cccnc2)c2cnn(C(C)C)c2n1.Cl.Cl. The number of carbonyl (C=O) groups is 1. The quantitative estimate of drug-likeness (QED) is 0.626. The summed E-state index contributed by atoms with van der Waals surface area (Å²) in [7, 11) is 0. The third-order valence-corrected chi connectivity index (χ3v) is 5.47. The minimum atomic E-state index is -0.0455. The van der Waals surface area contributed by atoms with Gasteiger partial charge >= 0.3 is 0 Å². The van der Waals surface area contributed by atoms with Crippen molar-refractivity contribution >= 4 is 41.8 Å². The average Bonchev–Trinajstić information content (AvgIpc) is 3.17. The number of halogens is 2. The molecule has 1 saturated heterocycles. The van der Waals surface area contributed by atoms with Gasteiger partial charge in [-0.1, -0.05) is 19.9 Å². The molecule has 1 atom stereocenters. The molecule has 1 aliphatic rings. The number of carbonyl (C=O) groups excluding carboxylic acids is 1. The Morgan fingerprint density at radius 3 is 2.61 bits per heavy atom. The highest BCUT2D eigenvalue weighted by Gasteiger charge is 2.31. The Morgan fingerprint density at radius 1 is 1.19 bits per heavy atom. The first-order valence-electron chi connectivity index (χ1n) is 10.3. The maximum atomic E-state index is 13.8. The van der Waals surface area contributed by atoms with Crippen LogP contribution in [0.2, 0.25) is 0 Å². The van der Waals surface area contributed by atoms with Crippen LogP contribution < -0.4 is 5.32 Å². The summed E-state index contributed by atoms with van der Waals surface area (Å²) < 4.78 is 1.90. The second kappa shape index (κ2) is 10.4. The lowest BCUT2D eigenvalue weighted by Gasteiger charge is -2.36. The number of pyridine rings is 2. The van der Waals surface area contributed by atoms with Crippen LogP contribution in [0, 0.1) is 0 Å². The van der Waals surface area contributed by atoms with Gasteiger partial charge in [0.05, 0.1) is 23.2 Å². The number of hydrogen-bond acceptors (Lipinski definition) is 5. The van der Waals surface area contributed by atoms with Crippen molar-refractivity contribution in [2.75, 3.05) is 19.6 Å². The number of piperazine rings is 1. The molecule has 3 aromatic rings. The standard InChI is InChI=1S/C22H28N6O.2ClH/c1-14(2)19-10-17(18-12-25-28(15(3)4)21(18)26-19)22(29)27-9-8-24-13-20(27)16-6-5-7-23-11-16;;/h5-7,10-12,14-15,20,24H,8-9,13H2,1-4H3;2*1H. The fourth-order valence-electron chi connectivity index (χ4n) is 3.86. The van der Waals surface area contributed by atoms with Crippen molar-refractivity contribution in [3.63, 3.8) is 0 Å². The summed E-state index contributed by atoms with van der Waals surface area (Å²) in [5.74, 6) is 0.247. The molecule has 9 heteroatoms. The lowest BCUT2D eigenvalue weighted by molar-refractivity contribution is 0.0636. The Balaban J connectivity index is 0.00000171. The van der Waals surface area contributed by atoms with Gasteiger partial charge < -0.3 is 10.2 Å². The van der Waals surface area contributed by atoms with Gasteiger partial charge in [0.1, 0.15) is 0 Å². The monoisotopic (exact) mass is 464 g/mol. The number of nitrogens with one attached hydrogen (secondary N) is 1. The number of fused-ring (bicyclic) bond motifs is 1. The van der Waals surface area contributed by atoms with E-state index in [0.29, 0.717) is 18.7 Å². The maximum absolute atomic E-state index is 13.8. The predicted octanol–water partition coefficient (Wildman–Crippen LogP) is 4.16. The van der Waals surface area contributed by atoms with Gasteiger partial charge in [-0.2, -0.15) is 5.10 Å². The molecule has 1 aliphatic heterocycles. The first-order valence-corrected chi connectivity index (χ1v) is 10.3. The van der Waals surface area contributed by atoms with Crippen molar-refractivity contribution in [1.82, 2.24) is 30.0 Å². The largest absolute Gasteiger partial charge is 0.329 e. The minimum Gasteiger partial charge on any atom is -0.329 e. The second-order valence-corrected chi connectivity index (χ2v) is 8.17. The summed E-state index contributed by atoms with van der Waals surface area (Å²) in [6.07, 6.45) is 5.38. The minimum absolute atomic E-state index is 0. The highest BCUT2D eigenvalue weighted by atomic mass is 35.5. The van der Waals surface area contributed by atoms with Crippen LogP contribution in [0.4, 0.5) is 0 Å². The first kappa shape index (κ1) is 25.0. The normalized spacial score (nSPS) is 16.3. The Labute approximate surface area is 195 Å². The number of rotatable bonds is 4. The van der Waals surface area contributed by atoms with Crippen molar-refractivity contribution in [2.24, 2.45) is 0 Å². The van der Waals surface area contributed by atoms with E-state index in [2.05, 4.69) is 43.1 Å². The highest BCUT2D eigenvalue weighted by molar-refractivity contribution is 6.05. The zero-order valence-electron chi connectivity index (χ0n) is 18.3. The van der Waals surface area contributed by atoms with Crippen molar-refractivity contribution in [3.05, 3.63) is 53.6 Å². The van der Waals surface area contributed by atoms with E-state index >= 15 is 0 Å². The van der Waals surface area contributed by atoms with E-state index in [9.17, 15) is 4.79 Å². The number of hydrogen-bond donors (Lipinski definition) is 1. The van der Waals surface area contributed by atoms with E-state index in [0.717, 1.165) is 28.8 Å². The average molecular weight is 465 g/mol. The van der Waals surface area contributed by atoms with Crippen LogP contribution in [-0.4, -0.2) is 50.2 Å². The van der Waals surface area contributed by atoms with Crippen molar-refractivity contribution in [3.8, 4) is 0 Å². The van der Waals surface area contributed by atoms with Crippen LogP contribution in [0.5, 0.6) is 0 Å². The molecule has 31 heavy (non-hydrogen) atoms. The second-order valence-electron chi connectivity index (χ2n) is 8.17. The smallest absolute Gasteiger partial charge is 0.255 e. The molecule has 1 fully saturated rings. The van der Waals surface area contributed by atoms with E-state index < -0.39 is 0 Å². The topological polar surface area (TPSA) is 75.9 Å². The fourth-order valence-corrected chi connectivity index (χ4v) is 3.86. The van der Waals surface area contributed by atoms with Gasteiger partial charge in [0.25, 0.3) is 5.91 Å². The molecule has 1 N–H and O–H groups in total. The Kier molecular flexibility index (Phi) is 8.40. The van der Waals surface area contributed by atoms with E-state index in [4.69, 9.17) is 4.98 Å². The van der Waals surface area contributed by atoms with E-state index in [1.165, 1.54) is 0 Å². The van der Waals surface area contributed by atoms with Crippen LogP contribution in [0.15, 0.2) is 36.8 Å². The molecule has 1 amide bonds. The third-order valence-electron chi connectivity index (χ3n) is 5.47. The zero-order valence-corrected chi connectivity index (χ0v) is 19.9. The van der Waals surface area contributed by atoms with Crippen molar-refractivity contribution < 1.29 is 4.79 Å². The van der Waals surface area contributed by atoms with Gasteiger partial charge in [0.2, 0.25) is 0 Å². The van der Waals surface area contributed by atoms with E-state index in [1.54, 1.807) is 12.4 Å². The summed E-state index contributed by atoms with van der Waals surface area (Å²) >= 11 is 0. The van der Waals surface area contributed by atoms with Crippen LogP contribution in [-0.2, 0) is 0 Å². The Bertz CT molecular complexity index is 1020. The van der Waals surface area contributed by atoms with Gasteiger partial charge in [-0.05, 0) is 37.5 Å². The molecule has 0 bridgehead atoms. The first-order chi connectivity index (χ1) is 14.0. The van der Waals surface area contributed by atoms with E-state index in [-0.39, 0.29) is 48.7 Å². The highest BCUT2D eigenvalue weighted by Crippen LogP contribution is 2.29. The maximum Gasteiger partial charge on any atom is 0.255 e. The number of amides is 1. The molecule has 1 unspecified atom stereocenters. The summed E-state index contributed by atoms with van der Waals surface area (Å²) in [5.41, 5.74) is 3.42. The van der Waals surface area contributed by atoms with Crippen LogP contribution in [0.3, 0.4) is 0 Å². The molecule has 168 valence electrons. The number of nitrogens with zero attached hydrogens (tertiary/aromatic N) is 5. The van der Waals surface area contributed by atoms with Gasteiger partial charge in [0, 0.05) is 43.8 Å². The van der Waals surface area contributed by atoms with Crippen LogP contribution in [0.25, 0.3) is 11.0 Å². The van der Waals surface area contributed by atoms with Crippen LogP contribution in [0.1, 0.15) is 67.3 Å². The van der Waals surface area contributed by atoms with Crippen LogP contribution >= 0.6 is 24.8 Å². The van der Waals surface area contributed by atoms with Gasteiger partial charge in [-0.25, -0.2) is 9.67 Å². The Morgan fingerprint density at radius 2 is 1.97 bits per heavy atom. The molecule has 4 heterocycles. The van der Waals surface area contributed by atoms with Gasteiger partial charge in [0.15, 0.2) is 5.65 Å². The summed E-state index contributed by atoms with van der Waals surface area (Å²) in [5, 5.41) is 8.74. The van der Waals surface area contributed by atoms with Gasteiger partial charge in [-0.15, -0.1) is 24.8 Å². The molecular formula is C22H30Cl2N6O. The summed E-state index contributed by atoms with van der Waals surface area (Å²) in [6.45, 7) is 10.5. The van der Waals surface area contributed by atoms with Crippen molar-refractivity contribution in [2.45, 2.75) is 45.7 Å². The summed E-state index contributed by atoms with van der Waals surface area (Å²) in [6, 6.07) is 6.03. The molecule has 0 saturated carbocycles. The fraction of sp³-hybridized carbons (Fsp3) is 0.455. The lowest BCUT2D eigenvalue weighted by Crippen LogP contribution is -2.48. The molecule has 4 rings (SSSR count). The molecule has 3 aromatic heterocycles. The molecule has 0 radical (unpaired) electrons. The molecule has 0 spiro atoms. The molecule has 0 aromatic carbocycles. The van der Waals surface area contributed by atoms with Gasteiger partial charge in [-0.3, -0.25) is 9.78 Å². The Hall–Kier alpha value is -2.22. The molecule has 7 nitrogen and oxygen atoms in total. The van der Waals surface area contributed by atoms with Crippen molar-refractivity contribution in [1.29, 1.82) is 0 Å².